The molecule has 1 unspecified atom stereocenters. The van der Waals surface area contributed by atoms with Crippen molar-refractivity contribution in [1.29, 1.82) is 0 Å². The third kappa shape index (κ3) is 1.66. The molecule has 0 aliphatic heterocycles. The lowest BCUT2D eigenvalue weighted by molar-refractivity contribution is -0.126. The summed E-state index contributed by atoms with van der Waals surface area (Å²) in [5.41, 5.74) is 0.604. The maximum atomic E-state index is 11.5. The Bertz CT molecular complexity index is 359. The van der Waals surface area contributed by atoms with Crippen LogP contribution in [0.25, 0.3) is 0 Å². The Morgan fingerprint density at radius 2 is 2.00 bits per heavy atom. The van der Waals surface area contributed by atoms with Gasteiger partial charge in [-0.2, -0.15) is 0 Å². The molecule has 0 saturated heterocycles. The topological polar surface area (TPSA) is 46.2 Å². The second-order valence-electron chi connectivity index (χ2n) is 3.40. The van der Waals surface area contributed by atoms with E-state index < -0.39 is 0 Å². The molecule has 1 atom stereocenters. The summed E-state index contributed by atoms with van der Waals surface area (Å²) >= 11 is 0. The Morgan fingerprint density at radius 1 is 1.29 bits per heavy atom. The van der Waals surface area contributed by atoms with E-state index in [1.165, 1.54) is 0 Å². The van der Waals surface area contributed by atoms with Crippen LogP contribution in [0.4, 0.5) is 0 Å². The third-order valence-electron chi connectivity index (χ3n) is 2.41. The highest BCUT2D eigenvalue weighted by Crippen LogP contribution is 2.14. The zero-order chi connectivity index (χ0) is 9.97. The lowest BCUT2D eigenvalue weighted by Crippen LogP contribution is -2.47. The Hall–Kier alpha value is -1.64. The molecule has 1 N–H and O–H groups in total. The van der Waals surface area contributed by atoms with Gasteiger partial charge in [0, 0.05) is 12.0 Å². The maximum Gasteiger partial charge on any atom is 0.251 e. The average Bonchev–Trinajstić information content (AvgIpc) is 2.24. The number of Topliss-reactive ketones (excluding diaryl/α,β-unsaturated/α-hetero) is 1. The molecule has 3 heteroatoms. The molecule has 0 radical (unpaired) electrons. The number of rotatable bonds is 2. The molecule has 1 saturated carbocycles. The Morgan fingerprint density at radius 3 is 2.50 bits per heavy atom. The maximum absolute atomic E-state index is 11.5. The number of amides is 1. The number of hydrogen-bond donors (Lipinski definition) is 1. The van der Waals surface area contributed by atoms with Crippen LogP contribution in [0, 0.1) is 0 Å². The highest BCUT2D eigenvalue weighted by molar-refractivity contribution is 5.99. The first-order valence-electron chi connectivity index (χ1n) is 4.66. The molecule has 1 aliphatic rings. The Balaban J connectivity index is 1.99. The van der Waals surface area contributed by atoms with E-state index in [2.05, 4.69) is 5.32 Å². The average molecular weight is 189 g/mol. The number of nitrogens with one attached hydrogen (secondary N) is 1. The molecule has 0 aromatic heterocycles. The standard InChI is InChI=1S/C11H11NO2/c13-10-7-6-9(10)12-11(14)8-4-2-1-3-5-8/h1-5,9H,6-7H2,(H,12,14). The highest BCUT2D eigenvalue weighted by atomic mass is 16.2. The molecule has 1 amide bonds. The molecule has 1 aromatic carbocycles. The quantitative estimate of drug-likeness (QED) is 0.758. The van der Waals surface area contributed by atoms with E-state index in [1.807, 2.05) is 6.07 Å². The summed E-state index contributed by atoms with van der Waals surface area (Å²) in [6.45, 7) is 0. The normalized spacial score (nSPS) is 20.0. The van der Waals surface area contributed by atoms with Crippen molar-refractivity contribution in [3.8, 4) is 0 Å². The second-order valence-corrected chi connectivity index (χ2v) is 3.40. The van der Waals surface area contributed by atoms with Gasteiger partial charge in [-0.15, -0.1) is 0 Å². The van der Waals surface area contributed by atoms with Gasteiger partial charge < -0.3 is 5.32 Å². The number of carbonyl (C=O) groups excluding carboxylic acids is 2. The number of ketones is 1. The van der Waals surface area contributed by atoms with E-state index in [0.29, 0.717) is 12.0 Å². The molecule has 1 aliphatic carbocycles. The Kier molecular flexibility index (Phi) is 2.31. The molecular formula is C11H11NO2. The number of carbonyl (C=O) groups is 2. The van der Waals surface area contributed by atoms with Crippen molar-refractivity contribution in [2.24, 2.45) is 0 Å². The summed E-state index contributed by atoms with van der Waals surface area (Å²) in [5, 5.41) is 2.69. The first-order valence-corrected chi connectivity index (χ1v) is 4.66. The molecule has 0 heterocycles. The summed E-state index contributed by atoms with van der Waals surface area (Å²) in [6, 6.07) is 8.68. The minimum absolute atomic E-state index is 0.134. The zero-order valence-electron chi connectivity index (χ0n) is 7.69. The minimum Gasteiger partial charge on any atom is -0.342 e. The summed E-state index contributed by atoms with van der Waals surface area (Å²) < 4.78 is 0. The highest BCUT2D eigenvalue weighted by Gasteiger charge is 2.29. The summed E-state index contributed by atoms with van der Waals surface area (Å²) in [7, 11) is 0. The molecule has 0 bridgehead atoms. The van der Waals surface area contributed by atoms with Crippen molar-refractivity contribution in [2.45, 2.75) is 18.9 Å². The van der Waals surface area contributed by atoms with Gasteiger partial charge in [0.05, 0.1) is 6.04 Å². The van der Waals surface area contributed by atoms with Gasteiger partial charge in [-0.1, -0.05) is 18.2 Å². The lowest BCUT2D eigenvalue weighted by Gasteiger charge is -2.24. The van der Waals surface area contributed by atoms with E-state index in [-0.39, 0.29) is 17.7 Å². The molecule has 1 aromatic rings. The summed E-state index contributed by atoms with van der Waals surface area (Å²) in [6.07, 6.45) is 1.37. The van der Waals surface area contributed by atoms with Crippen LogP contribution in [0.2, 0.25) is 0 Å². The van der Waals surface area contributed by atoms with Gasteiger partial charge in [0.15, 0.2) is 5.78 Å². The van der Waals surface area contributed by atoms with Gasteiger partial charge in [0.25, 0.3) is 5.91 Å². The van der Waals surface area contributed by atoms with Crippen LogP contribution in [-0.4, -0.2) is 17.7 Å². The van der Waals surface area contributed by atoms with Crippen molar-refractivity contribution in [2.75, 3.05) is 0 Å². The van der Waals surface area contributed by atoms with Crippen LogP contribution in [0.15, 0.2) is 30.3 Å². The first kappa shape index (κ1) is 8.94. The van der Waals surface area contributed by atoms with Crippen molar-refractivity contribution in [1.82, 2.24) is 5.32 Å². The SMILES string of the molecule is O=C(NC1CCC1=O)c1ccccc1. The van der Waals surface area contributed by atoms with E-state index in [4.69, 9.17) is 0 Å². The molecule has 3 nitrogen and oxygen atoms in total. The van der Waals surface area contributed by atoms with Crippen LogP contribution in [0.5, 0.6) is 0 Å². The predicted molar refractivity (Wildman–Crippen MR) is 51.9 cm³/mol. The predicted octanol–water partition coefficient (Wildman–Crippen LogP) is 1.15. The monoisotopic (exact) mass is 189 g/mol. The molecule has 14 heavy (non-hydrogen) atoms. The van der Waals surface area contributed by atoms with Crippen molar-refractivity contribution in [3.63, 3.8) is 0 Å². The Labute approximate surface area is 82.1 Å². The fourth-order valence-electron chi connectivity index (χ4n) is 1.39. The van der Waals surface area contributed by atoms with Gasteiger partial charge >= 0.3 is 0 Å². The van der Waals surface area contributed by atoms with Crippen molar-refractivity contribution in [3.05, 3.63) is 35.9 Å². The summed E-state index contributed by atoms with van der Waals surface area (Å²) in [4.78, 5) is 22.5. The van der Waals surface area contributed by atoms with Gasteiger partial charge in [0.1, 0.15) is 0 Å². The van der Waals surface area contributed by atoms with Crippen molar-refractivity contribution < 1.29 is 9.59 Å². The molecule has 1 fully saturated rings. The van der Waals surface area contributed by atoms with Crippen molar-refractivity contribution >= 4 is 11.7 Å². The van der Waals surface area contributed by atoms with E-state index in [0.717, 1.165) is 6.42 Å². The van der Waals surface area contributed by atoms with Gasteiger partial charge in [-0.3, -0.25) is 9.59 Å². The first-order chi connectivity index (χ1) is 6.77. The van der Waals surface area contributed by atoms with Gasteiger partial charge in [0.2, 0.25) is 0 Å². The lowest BCUT2D eigenvalue weighted by atomic mass is 9.91. The molecule has 0 spiro atoms. The summed E-state index contributed by atoms with van der Waals surface area (Å²) in [5.74, 6) is -0.0297. The molecule has 2 rings (SSSR count). The number of hydrogen-bond acceptors (Lipinski definition) is 2. The van der Waals surface area contributed by atoms with Crippen LogP contribution >= 0.6 is 0 Å². The second kappa shape index (κ2) is 3.62. The fraction of sp³-hybridized carbons (Fsp3) is 0.273. The fourth-order valence-corrected chi connectivity index (χ4v) is 1.39. The van der Waals surface area contributed by atoms with E-state index in [9.17, 15) is 9.59 Å². The molecular weight excluding hydrogens is 178 g/mol. The minimum atomic E-state index is -0.247. The van der Waals surface area contributed by atoms with E-state index in [1.54, 1.807) is 24.3 Å². The van der Waals surface area contributed by atoms with Crippen LogP contribution in [0.1, 0.15) is 23.2 Å². The largest absolute Gasteiger partial charge is 0.342 e. The zero-order valence-corrected chi connectivity index (χ0v) is 7.69. The smallest absolute Gasteiger partial charge is 0.251 e. The van der Waals surface area contributed by atoms with Gasteiger partial charge in [-0.25, -0.2) is 0 Å². The van der Waals surface area contributed by atoms with Gasteiger partial charge in [-0.05, 0) is 18.6 Å². The van der Waals surface area contributed by atoms with E-state index >= 15 is 0 Å². The van der Waals surface area contributed by atoms with Crippen LogP contribution < -0.4 is 5.32 Å². The van der Waals surface area contributed by atoms with Crippen LogP contribution in [0.3, 0.4) is 0 Å². The number of benzene rings is 1. The molecule has 72 valence electrons. The van der Waals surface area contributed by atoms with Crippen LogP contribution in [-0.2, 0) is 4.79 Å². The third-order valence-corrected chi connectivity index (χ3v) is 2.41.